The van der Waals surface area contributed by atoms with Crippen molar-refractivity contribution in [1.82, 2.24) is 40.3 Å². The average molecular weight is 1000 g/mol. The van der Waals surface area contributed by atoms with E-state index in [-0.39, 0.29) is 78.4 Å². The highest BCUT2D eigenvalue weighted by Crippen LogP contribution is 2.37. The SMILES string of the molecule is CC(C)N(C)[C@@H]1CC[C@H](N2CC[C@H](Nc3ncnc4ccc(C(F)(F)F)cc34)C2=O)[C@H](NC(=O)CCOCCOCCOCCOCCOCCOCCNC(=O)[C@H]2CC(=O)N(C)[C@@H]2c2cccnc2)C1. The number of benzene rings is 1. The second kappa shape index (κ2) is 27.6. The van der Waals surface area contributed by atoms with Gasteiger partial charge in [-0.3, -0.25) is 24.2 Å². The molecule has 22 heteroatoms. The van der Waals surface area contributed by atoms with Crippen molar-refractivity contribution in [3.05, 3.63) is 60.2 Å². The molecule has 4 amide bonds. The number of carbonyl (C=O) groups is 4. The third-order valence-electron chi connectivity index (χ3n) is 13.3. The highest BCUT2D eigenvalue weighted by molar-refractivity contribution is 5.93. The first-order valence-corrected chi connectivity index (χ1v) is 24.5. The number of hydrogen-bond donors (Lipinski definition) is 3. The smallest absolute Gasteiger partial charge is 0.379 e. The Kier molecular flexibility index (Phi) is 21.5. The van der Waals surface area contributed by atoms with Crippen LogP contribution in [0.25, 0.3) is 10.9 Å². The number of carbonyl (C=O) groups excluding carboxylic acids is 4. The van der Waals surface area contributed by atoms with Gasteiger partial charge in [-0.2, -0.15) is 13.2 Å². The largest absolute Gasteiger partial charge is 0.416 e. The van der Waals surface area contributed by atoms with Crippen LogP contribution in [-0.4, -0.2) is 190 Å². The fourth-order valence-corrected chi connectivity index (χ4v) is 9.26. The van der Waals surface area contributed by atoms with E-state index in [4.69, 9.17) is 28.4 Å². The molecule has 1 aliphatic carbocycles. The van der Waals surface area contributed by atoms with E-state index in [1.807, 2.05) is 6.07 Å². The molecule has 1 aromatic carbocycles. The first-order valence-electron chi connectivity index (χ1n) is 24.5. The van der Waals surface area contributed by atoms with Crippen molar-refractivity contribution in [2.24, 2.45) is 5.92 Å². The van der Waals surface area contributed by atoms with Crippen molar-refractivity contribution >= 4 is 40.3 Å². The van der Waals surface area contributed by atoms with E-state index in [1.54, 1.807) is 35.3 Å². The summed E-state index contributed by atoms with van der Waals surface area (Å²) in [6.45, 7) is 9.23. The van der Waals surface area contributed by atoms with Gasteiger partial charge < -0.3 is 59.1 Å². The maximum atomic E-state index is 13.9. The van der Waals surface area contributed by atoms with Gasteiger partial charge in [0.05, 0.1) is 114 Å². The number of fused-ring (bicyclic) bond motifs is 1. The van der Waals surface area contributed by atoms with Gasteiger partial charge in [0.15, 0.2) is 0 Å². The molecule has 3 aromatic rings. The monoisotopic (exact) mass is 1000 g/mol. The van der Waals surface area contributed by atoms with E-state index in [1.165, 1.54) is 12.4 Å². The molecule has 2 saturated heterocycles. The molecule has 0 bridgehead atoms. The molecule has 3 N–H and O–H groups in total. The molecule has 4 heterocycles. The third kappa shape index (κ3) is 16.2. The summed E-state index contributed by atoms with van der Waals surface area (Å²) in [5, 5.41) is 9.36. The number of aromatic nitrogens is 3. The van der Waals surface area contributed by atoms with Crippen molar-refractivity contribution in [3.8, 4) is 0 Å². The van der Waals surface area contributed by atoms with Crippen LogP contribution < -0.4 is 16.0 Å². The van der Waals surface area contributed by atoms with Crippen molar-refractivity contribution in [2.75, 3.05) is 112 Å². The van der Waals surface area contributed by atoms with E-state index in [9.17, 15) is 32.3 Å². The Balaban J connectivity index is 0.774. The minimum absolute atomic E-state index is 0.0763. The van der Waals surface area contributed by atoms with Gasteiger partial charge in [-0.15, -0.1) is 0 Å². The molecule has 2 aliphatic heterocycles. The van der Waals surface area contributed by atoms with E-state index >= 15 is 0 Å². The van der Waals surface area contributed by atoms with Crippen molar-refractivity contribution in [1.29, 1.82) is 0 Å². The average Bonchev–Trinajstić information content (AvgIpc) is 3.87. The van der Waals surface area contributed by atoms with Gasteiger partial charge in [0.2, 0.25) is 23.6 Å². The summed E-state index contributed by atoms with van der Waals surface area (Å²) in [5.74, 6) is -0.957. The summed E-state index contributed by atoms with van der Waals surface area (Å²) in [6, 6.07) is 5.82. The van der Waals surface area contributed by atoms with Crippen LogP contribution in [0, 0.1) is 5.92 Å². The highest BCUT2D eigenvalue weighted by atomic mass is 19.4. The number of halogens is 3. The van der Waals surface area contributed by atoms with Crippen LogP contribution in [0.2, 0.25) is 0 Å². The lowest BCUT2D eigenvalue weighted by molar-refractivity contribution is -0.137. The molecule has 1 saturated carbocycles. The fourth-order valence-electron chi connectivity index (χ4n) is 9.26. The van der Waals surface area contributed by atoms with Gasteiger partial charge in [0.1, 0.15) is 18.2 Å². The molecule has 0 unspecified atom stereocenters. The van der Waals surface area contributed by atoms with E-state index in [2.05, 4.69) is 56.7 Å². The molecule has 3 fully saturated rings. The Morgan fingerprint density at radius 3 is 2.13 bits per heavy atom. The Bertz CT molecular complexity index is 2160. The summed E-state index contributed by atoms with van der Waals surface area (Å²) in [5.41, 5.74) is 0.334. The quantitative estimate of drug-likeness (QED) is 0.0850. The molecule has 19 nitrogen and oxygen atoms in total. The highest BCUT2D eigenvalue weighted by Gasteiger charge is 2.44. The molecule has 2 aromatic heterocycles. The Hall–Kier alpha value is -5.10. The standard InChI is InChI=1S/C49H70F3N9O10/c1-33(2)59(3)36-8-10-42(61-15-11-40(48(61)65)58-46-37-28-35(49(50,51)52)7-9-39(37)55-32-56-46)41(29-36)57-43(62)12-16-66-18-20-68-22-24-70-26-27-71-25-23-69-21-19-67-17-14-54-47(64)38-30-44(63)60(4)45(38)34-6-5-13-53-31-34/h5-7,9,13,28,31-33,36,38,40-42,45H,8,10-12,14-27,29-30H2,1-4H3,(H,54,64)(H,57,62)(H,55,56,58)/t36-,38+,40+,41-,42+,45-/m1/s1. The first-order chi connectivity index (χ1) is 34.2. The lowest BCUT2D eigenvalue weighted by Crippen LogP contribution is -2.58. The summed E-state index contributed by atoms with van der Waals surface area (Å²) >= 11 is 0. The fraction of sp³-hybridized carbons (Fsp3) is 0.653. The topological polar surface area (TPSA) is 208 Å². The lowest BCUT2D eigenvalue weighted by Gasteiger charge is -2.44. The summed E-state index contributed by atoms with van der Waals surface area (Å²) < 4.78 is 74.1. The molecule has 6 rings (SSSR count). The van der Waals surface area contributed by atoms with Crippen LogP contribution in [0.1, 0.15) is 69.5 Å². The van der Waals surface area contributed by atoms with E-state index in [0.29, 0.717) is 117 Å². The minimum atomic E-state index is -4.54. The normalized spacial score (nSPS) is 21.8. The predicted octanol–water partition coefficient (Wildman–Crippen LogP) is 3.63. The van der Waals surface area contributed by atoms with Crippen molar-refractivity contribution in [2.45, 2.75) is 94.8 Å². The number of rotatable bonds is 29. The Morgan fingerprint density at radius 1 is 0.859 bits per heavy atom. The molecular weight excluding hydrogens is 932 g/mol. The lowest BCUT2D eigenvalue weighted by atomic mass is 9.84. The van der Waals surface area contributed by atoms with Gasteiger partial charge in [0, 0.05) is 62.8 Å². The summed E-state index contributed by atoms with van der Waals surface area (Å²) in [4.78, 5) is 70.5. The van der Waals surface area contributed by atoms with Crippen molar-refractivity contribution in [3.63, 3.8) is 0 Å². The Labute approximate surface area is 413 Å². The summed E-state index contributed by atoms with van der Waals surface area (Å²) in [7, 11) is 3.77. The van der Waals surface area contributed by atoms with Crippen LogP contribution in [0.3, 0.4) is 0 Å². The van der Waals surface area contributed by atoms with Crippen molar-refractivity contribution < 1.29 is 60.8 Å². The number of hydrogen-bond acceptors (Lipinski definition) is 15. The minimum Gasteiger partial charge on any atom is -0.379 e. The number of anilines is 1. The zero-order valence-corrected chi connectivity index (χ0v) is 41.2. The number of alkyl halides is 3. The number of likely N-dealkylation sites (tertiary alicyclic amines) is 2. The van der Waals surface area contributed by atoms with Gasteiger partial charge in [-0.1, -0.05) is 6.07 Å². The number of amides is 4. The van der Waals surface area contributed by atoms with Gasteiger partial charge in [-0.05, 0) is 76.4 Å². The number of pyridine rings is 1. The predicted molar refractivity (Wildman–Crippen MR) is 255 cm³/mol. The first kappa shape index (κ1) is 55.2. The van der Waals surface area contributed by atoms with Crippen LogP contribution in [0.4, 0.5) is 19.0 Å². The van der Waals surface area contributed by atoms with Gasteiger partial charge >= 0.3 is 6.18 Å². The van der Waals surface area contributed by atoms with E-state index in [0.717, 1.165) is 24.1 Å². The van der Waals surface area contributed by atoms with E-state index < -0.39 is 23.7 Å². The molecule has 6 atom stereocenters. The molecule has 3 aliphatic rings. The zero-order valence-electron chi connectivity index (χ0n) is 41.2. The zero-order chi connectivity index (χ0) is 50.8. The Morgan fingerprint density at radius 2 is 1.51 bits per heavy atom. The summed E-state index contributed by atoms with van der Waals surface area (Å²) in [6.07, 6.45) is 2.95. The molecule has 71 heavy (non-hydrogen) atoms. The third-order valence-corrected chi connectivity index (χ3v) is 13.3. The molecule has 392 valence electrons. The maximum Gasteiger partial charge on any atom is 0.416 e. The molecular formula is C49H70F3N9O10. The van der Waals surface area contributed by atoms with Crippen LogP contribution in [-0.2, 0) is 53.8 Å². The van der Waals surface area contributed by atoms with Gasteiger partial charge in [0.25, 0.3) is 0 Å². The van der Waals surface area contributed by atoms with Crippen LogP contribution >= 0.6 is 0 Å². The second-order valence-corrected chi connectivity index (χ2v) is 18.2. The number of nitrogens with one attached hydrogen (secondary N) is 3. The van der Waals surface area contributed by atoms with Crippen LogP contribution in [0.5, 0.6) is 0 Å². The number of nitrogens with zero attached hydrogens (tertiary/aromatic N) is 6. The van der Waals surface area contributed by atoms with Gasteiger partial charge in [-0.25, -0.2) is 9.97 Å². The van der Waals surface area contributed by atoms with Crippen LogP contribution in [0.15, 0.2) is 49.1 Å². The molecule has 0 radical (unpaired) electrons. The molecule has 0 spiro atoms. The number of ether oxygens (including phenoxy) is 6. The second-order valence-electron chi connectivity index (χ2n) is 18.2. The maximum absolute atomic E-state index is 13.9.